The minimum Gasteiger partial charge on any atom is -0.351 e. The molecule has 7 rings (SSSR count). The van der Waals surface area contributed by atoms with Gasteiger partial charge in [0.1, 0.15) is 17.2 Å². The Morgan fingerprint density at radius 1 is 0.867 bits per heavy atom. The van der Waals surface area contributed by atoms with E-state index in [0.717, 1.165) is 96.7 Å². The third-order valence-electron chi connectivity index (χ3n) is 10.2. The van der Waals surface area contributed by atoms with Crippen LogP contribution in [0.4, 0.5) is 26.4 Å². The van der Waals surface area contributed by atoms with Crippen LogP contribution in [-0.2, 0) is 4.79 Å². The summed E-state index contributed by atoms with van der Waals surface area (Å²) < 4.78 is 30.4. The van der Waals surface area contributed by atoms with E-state index >= 15 is 0 Å². The Labute approximate surface area is 262 Å². The summed E-state index contributed by atoms with van der Waals surface area (Å²) in [5.41, 5.74) is 7.47. The molecule has 0 spiro atoms. The molecule has 11 nitrogen and oxygen atoms in total. The van der Waals surface area contributed by atoms with Crippen molar-refractivity contribution in [3.63, 3.8) is 0 Å². The molecule has 3 aromatic rings. The number of nitrogens with zero attached hydrogens (tertiary/aromatic N) is 7. The molecule has 0 bridgehead atoms. The molecule has 2 saturated heterocycles. The molecule has 0 unspecified atom stereocenters. The van der Waals surface area contributed by atoms with Gasteiger partial charge in [0.15, 0.2) is 5.65 Å². The van der Waals surface area contributed by atoms with E-state index in [0.29, 0.717) is 23.1 Å². The average molecular weight is 623 g/mol. The molecular formula is C32H44F2N10O. The van der Waals surface area contributed by atoms with Crippen LogP contribution in [0.5, 0.6) is 0 Å². The number of fused-ring (bicyclic) bond motifs is 1. The average Bonchev–Trinajstić information content (AvgIpc) is 3.72. The minimum absolute atomic E-state index is 0.00695. The van der Waals surface area contributed by atoms with Crippen LogP contribution in [0.3, 0.4) is 0 Å². The number of anilines is 3. The van der Waals surface area contributed by atoms with Crippen LogP contribution >= 0.6 is 0 Å². The topological polar surface area (TPSA) is 120 Å². The lowest BCUT2D eigenvalue weighted by Crippen LogP contribution is -2.55. The molecule has 13 heteroatoms. The van der Waals surface area contributed by atoms with Crippen molar-refractivity contribution in [1.29, 1.82) is 0 Å². The van der Waals surface area contributed by atoms with Crippen molar-refractivity contribution < 1.29 is 13.6 Å². The number of rotatable bonds is 7. The predicted octanol–water partition coefficient (Wildman–Crippen LogP) is 4.42. The van der Waals surface area contributed by atoms with E-state index in [1.54, 1.807) is 6.20 Å². The summed E-state index contributed by atoms with van der Waals surface area (Å²) in [6.07, 6.45) is 11.1. The monoisotopic (exact) mass is 622 g/mol. The van der Waals surface area contributed by atoms with Crippen molar-refractivity contribution in [2.45, 2.75) is 82.3 Å². The Balaban J connectivity index is 1.08. The highest BCUT2D eigenvalue weighted by Crippen LogP contribution is 2.38. The van der Waals surface area contributed by atoms with E-state index in [-0.39, 0.29) is 35.6 Å². The van der Waals surface area contributed by atoms with E-state index in [1.165, 1.54) is 25.0 Å². The summed E-state index contributed by atoms with van der Waals surface area (Å²) >= 11 is 0. The van der Waals surface area contributed by atoms with Crippen molar-refractivity contribution in [2.75, 3.05) is 49.9 Å². The van der Waals surface area contributed by atoms with Gasteiger partial charge in [-0.2, -0.15) is 4.98 Å². The molecule has 4 heterocycles. The second kappa shape index (κ2) is 13.1. The lowest BCUT2D eigenvalue weighted by molar-refractivity contribution is -0.141. The Kier molecular flexibility index (Phi) is 8.83. The summed E-state index contributed by atoms with van der Waals surface area (Å²) in [4.78, 5) is 29.8. The van der Waals surface area contributed by atoms with Gasteiger partial charge in [-0.25, -0.2) is 28.8 Å². The van der Waals surface area contributed by atoms with Crippen LogP contribution in [0, 0.1) is 17.6 Å². The van der Waals surface area contributed by atoms with Crippen molar-refractivity contribution in [3.05, 3.63) is 36.0 Å². The van der Waals surface area contributed by atoms with Gasteiger partial charge in [0.25, 0.3) is 0 Å². The number of imidazole rings is 1. The Morgan fingerprint density at radius 3 is 2.29 bits per heavy atom. The zero-order valence-electron chi connectivity index (χ0n) is 25.8. The number of hydrazine groups is 1. The fraction of sp³-hybridized carbons (Fsp3) is 0.625. The molecular weight excluding hydrogens is 578 g/mol. The molecule has 4 fully saturated rings. The van der Waals surface area contributed by atoms with E-state index in [1.807, 2.05) is 4.57 Å². The number of nitrogens with one attached hydrogen (secondary N) is 2. The summed E-state index contributed by atoms with van der Waals surface area (Å²) in [6, 6.07) is 3.96. The first-order valence-corrected chi connectivity index (χ1v) is 16.7. The van der Waals surface area contributed by atoms with Gasteiger partial charge in [-0.05, 0) is 76.3 Å². The number of aromatic nitrogens is 4. The van der Waals surface area contributed by atoms with E-state index in [9.17, 15) is 13.6 Å². The van der Waals surface area contributed by atoms with Gasteiger partial charge in [0, 0.05) is 69.4 Å². The van der Waals surface area contributed by atoms with Gasteiger partial charge in [-0.15, -0.1) is 0 Å². The van der Waals surface area contributed by atoms with Crippen LogP contribution in [0.2, 0.25) is 0 Å². The van der Waals surface area contributed by atoms with Crippen LogP contribution in [0.25, 0.3) is 11.2 Å². The zero-order valence-corrected chi connectivity index (χ0v) is 25.8. The number of benzene rings is 1. The standard InChI is InChI=1S/C32H44F2N10O/c33-22-5-12-27(26(34)19-22)38-32-39-28-20-36-31(37-24-8-6-23(35)7-9-24)40-29(28)44(32)25-10-3-21(4-11-25)30(45)41-15-17-43(18-16-41)42-13-1-2-14-42/h5,12,19-21,23-25H,1-4,6-11,13-18,35H2,(H,38,39)(H,36,37,40)/t21-,23-,24-,25+. The van der Waals surface area contributed by atoms with Gasteiger partial charge in [0.05, 0.1) is 11.9 Å². The first-order chi connectivity index (χ1) is 21.9. The summed E-state index contributed by atoms with van der Waals surface area (Å²) in [5.74, 6) is -0.129. The lowest BCUT2D eigenvalue weighted by atomic mass is 9.85. The van der Waals surface area contributed by atoms with E-state index < -0.39 is 11.6 Å². The third kappa shape index (κ3) is 6.61. The maximum Gasteiger partial charge on any atom is 0.225 e. The molecule has 242 valence electrons. The fourth-order valence-corrected chi connectivity index (χ4v) is 7.57. The Bertz CT molecular complexity index is 1490. The molecule has 1 amide bonds. The highest BCUT2D eigenvalue weighted by Gasteiger charge is 2.34. The first-order valence-electron chi connectivity index (χ1n) is 16.7. The number of nitrogens with two attached hydrogens (primary N) is 1. The maximum atomic E-state index is 14.7. The second-order valence-electron chi connectivity index (χ2n) is 13.2. The molecule has 2 aliphatic carbocycles. The van der Waals surface area contributed by atoms with E-state index in [2.05, 4.69) is 30.5 Å². The number of carbonyl (C=O) groups is 1. The number of carbonyl (C=O) groups excluding carboxylic acids is 1. The number of piperazine rings is 1. The molecule has 2 aromatic heterocycles. The molecule has 2 aliphatic heterocycles. The number of hydrogen-bond donors (Lipinski definition) is 3. The smallest absolute Gasteiger partial charge is 0.225 e. The van der Waals surface area contributed by atoms with Gasteiger partial charge < -0.3 is 21.3 Å². The van der Waals surface area contributed by atoms with Gasteiger partial charge in [0.2, 0.25) is 17.8 Å². The van der Waals surface area contributed by atoms with Gasteiger partial charge in [-0.3, -0.25) is 9.36 Å². The molecule has 4 aliphatic rings. The van der Waals surface area contributed by atoms with Crippen LogP contribution < -0.4 is 16.4 Å². The van der Waals surface area contributed by atoms with Crippen molar-refractivity contribution in [2.24, 2.45) is 11.7 Å². The normalized spacial score (nSPS) is 26.8. The lowest BCUT2D eigenvalue weighted by Gasteiger charge is -2.41. The summed E-state index contributed by atoms with van der Waals surface area (Å²) in [7, 11) is 0. The van der Waals surface area contributed by atoms with Gasteiger partial charge >= 0.3 is 0 Å². The Hall–Kier alpha value is -3.42. The molecule has 0 radical (unpaired) electrons. The van der Waals surface area contributed by atoms with Crippen LogP contribution in [-0.4, -0.2) is 91.7 Å². The largest absolute Gasteiger partial charge is 0.351 e. The van der Waals surface area contributed by atoms with Crippen molar-refractivity contribution >= 4 is 34.7 Å². The summed E-state index contributed by atoms with van der Waals surface area (Å²) in [6.45, 7) is 5.62. The summed E-state index contributed by atoms with van der Waals surface area (Å²) in [5, 5.41) is 11.4. The van der Waals surface area contributed by atoms with Crippen molar-refractivity contribution in [1.82, 2.24) is 34.4 Å². The maximum absolute atomic E-state index is 14.7. The number of halogens is 2. The SMILES string of the molecule is N[C@H]1CC[C@H](Nc2ncc3nc(Nc4ccc(F)cc4F)n([C@H]4CC[C@@H](C(=O)N5CCN(N6CCCC6)CC5)CC4)c3n2)CC1. The van der Waals surface area contributed by atoms with E-state index in [4.69, 9.17) is 15.7 Å². The van der Waals surface area contributed by atoms with Gasteiger partial charge in [-0.1, -0.05) is 0 Å². The molecule has 0 atom stereocenters. The molecule has 45 heavy (non-hydrogen) atoms. The highest BCUT2D eigenvalue weighted by atomic mass is 19.1. The quantitative estimate of drug-likeness (QED) is 0.352. The third-order valence-corrected chi connectivity index (χ3v) is 10.2. The van der Waals surface area contributed by atoms with Crippen LogP contribution in [0.1, 0.15) is 70.3 Å². The molecule has 1 aromatic carbocycles. The van der Waals surface area contributed by atoms with Crippen LogP contribution in [0.15, 0.2) is 24.4 Å². The molecule has 2 saturated carbocycles. The zero-order chi connectivity index (χ0) is 30.9. The minimum atomic E-state index is -0.698. The number of amides is 1. The number of hydrogen-bond acceptors (Lipinski definition) is 9. The highest BCUT2D eigenvalue weighted by molar-refractivity contribution is 5.79. The second-order valence-corrected chi connectivity index (χ2v) is 13.2. The fourth-order valence-electron chi connectivity index (χ4n) is 7.57. The Morgan fingerprint density at radius 2 is 1.58 bits per heavy atom. The first kappa shape index (κ1) is 30.2. The molecule has 4 N–H and O–H groups in total. The predicted molar refractivity (Wildman–Crippen MR) is 169 cm³/mol. The van der Waals surface area contributed by atoms with Crippen molar-refractivity contribution in [3.8, 4) is 0 Å².